The third-order valence-corrected chi connectivity index (χ3v) is 5.87. The van der Waals surface area contributed by atoms with E-state index in [0.29, 0.717) is 16.9 Å². The predicted octanol–water partition coefficient (Wildman–Crippen LogP) is 3.11. The molecule has 0 aromatic rings. The van der Waals surface area contributed by atoms with Gasteiger partial charge in [-0.3, -0.25) is 0 Å². The lowest BCUT2D eigenvalue weighted by Gasteiger charge is -2.61. The van der Waals surface area contributed by atoms with Gasteiger partial charge in [-0.2, -0.15) is 0 Å². The van der Waals surface area contributed by atoms with Gasteiger partial charge in [0, 0.05) is 24.6 Å². The smallest absolute Gasteiger partial charge is 0.0661 e. The van der Waals surface area contributed by atoms with Crippen molar-refractivity contribution in [2.75, 3.05) is 13.2 Å². The highest BCUT2D eigenvalue weighted by molar-refractivity contribution is 5.12. The van der Waals surface area contributed by atoms with Crippen LogP contribution in [0.25, 0.3) is 0 Å². The summed E-state index contributed by atoms with van der Waals surface area (Å²) >= 11 is 0. The molecule has 0 saturated heterocycles. The molecule has 0 aliphatic heterocycles. The standard InChI is InChI=1S/C15H27NO/c1-3-14(8-9-14)11-16-12-10-13(17-4-2)15(12)6-5-7-15/h12-13,16H,3-11H2,1-2H3. The van der Waals surface area contributed by atoms with Gasteiger partial charge < -0.3 is 10.1 Å². The van der Waals surface area contributed by atoms with Crippen molar-refractivity contribution in [2.45, 2.75) is 70.9 Å². The molecule has 3 aliphatic rings. The Morgan fingerprint density at radius 3 is 2.41 bits per heavy atom. The third kappa shape index (κ3) is 1.84. The average molecular weight is 237 g/mol. The number of hydrogen-bond acceptors (Lipinski definition) is 2. The molecule has 2 unspecified atom stereocenters. The first-order chi connectivity index (χ1) is 8.25. The van der Waals surface area contributed by atoms with Crippen LogP contribution < -0.4 is 5.32 Å². The Kier molecular flexibility index (Phi) is 2.99. The van der Waals surface area contributed by atoms with E-state index in [2.05, 4.69) is 19.2 Å². The molecule has 0 bridgehead atoms. The van der Waals surface area contributed by atoms with Crippen molar-refractivity contribution in [3.8, 4) is 0 Å². The van der Waals surface area contributed by atoms with Crippen LogP contribution in [0.15, 0.2) is 0 Å². The summed E-state index contributed by atoms with van der Waals surface area (Å²) in [5.74, 6) is 0. The van der Waals surface area contributed by atoms with Gasteiger partial charge in [-0.25, -0.2) is 0 Å². The van der Waals surface area contributed by atoms with Crippen molar-refractivity contribution >= 4 is 0 Å². The molecule has 0 radical (unpaired) electrons. The lowest BCUT2D eigenvalue weighted by molar-refractivity contribution is -0.173. The van der Waals surface area contributed by atoms with Gasteiger partial charge in [-0.1, -0.05) is 13.3 Å². The Morgan fingerprint density at radius 1 is 1.18 bits per heavy atom. The van der Waals surface area contributed by atoms with Gasteiger partial charge in [0.05, 0.1) is 6.10 Å². The number of ether oxygens (including phenoxy) is 1. The summed E-state index contributed by atoms with van der Waals surface area (Å²) in [5, 5.41) is 3.87. The molecule has 0 aromatic heterocycles. The van der Waals surface area contributed by atoms with Crippen LogP contribution in [0, 0.1) is 10.8 Å². The van der Waals surface area contributed by atoms with E-state index in [0.717, 1.165) is 12.6 Å². The molecule has 0 heterocycles. The van der Waals surface area contributed by atoms with E-state index in [-0.39, 0.29) is 0 Å². The molecule has 1 spiro atoms. The fraction of sp³-hybridized carbons (Fsp3) is 1.00. The second-order valence-electron chi connectivity index (χ2n) is 6.55. The zero-order valence-corrected chi connectivity index (χ0v) is 11.4. The normalized spacial score (nSPS) is 36.4. The van der Waals surface area contributed by atoms with Crippen LogP contribution in [0.3, 0.4) is 0 Å². The summed E-state index contributed by atoms with van der Waals surface area (Å²) < 4.78 is 5.90. The van der Waals surface area contributed by atoms with Crippen molar-refractivity contribution in [3.63, 3.8) is 0 Å². The molecule has 3 fully saturated rings. The van der Waals surface area contributed by atoms with E-state index < -0.39 is 0 Å². The third-order valence-electron chi connectivity index (χ3n) is 5.87. The monoisotopic (exact) mass is 237 g/mol. The second-order valence-corrected chi connectivity index (χ2v) is 6.55. The van der Waals surface area contributed by atoms with Gasteiger partial charge in [0.1, 0.15) is 0 Å². The molecule has 2 heteroatoms. The van der Waals surface area contributed by atoms with Crippen molar-refractivity contribution in [1.29, 1.82) is 0 Å². The van der Waals surface area contributed by atoms with Crippen molar-refractivity contribution in [1.82, 2.24) is 5.32 Å². The minimum Gasteiger partial charge on any atom is -0.378 e. The molecule has 2 nitrogen and oxygen atoms in total. The van der Waals surface area contributed by atoms with Crippen molar-refractivity contribution < 1.29 is 4.74 Å². The highest BCUT2D eigenvalue weighted by atomic mass is 16.5. The van der Waals surface area contributed by atoms with Crippen LogP contribution in [0.4, 0.5) is 0 Å². The van der Waals surface area contributed by atoms with E-state index in [9.17, 15) is 0 Å². The molecular weight excluding hydrogens is 210 g/mol. The summed E-state index contributed by atoms with van der Waals surface area (Å²) in [4.78, 5) is 0. The predicted molar refractivity (Wildman–Crippen MR) is 70.1 cm³/mol. The van der Waals surface area contributed by atoms with Gasteiger partial charge >= 0.3 is 0 Å². The molecule has 3 saturated carbocycles. The first-order valence-electron chi connectivity index (χ1n) is 7.60. The zero-order valence-electron chi connectivity index (χ0n) is 11.4. The number of nitrogens with one attached hydrogen (secondary N) is 1. The Balaban J connectivity index is 1.51. The van der Waals surface area contributed by atoms with E-state index >= 15 is 0 Å². The van der Waals surface area contributed by atoms with E-state index in [1.54, 1.807) is 0 Å². The zero-order chi connectivity index (χ0) is 11.9. The Morgan fingerprint density at radius 2 is 1.94 bits per heavy atom. The van der Waals surface area contributed by atoms with Gasteiger partial charge in [-0.15, -0.1) is 0 Å². The minimum atomic E-state index is 0.541. The highest BCUT2D eigenvalue weighted by Crippen LogP contribution is 2.58. The van der Waals surface area contributed by atoms with Gasteiger partial charge in [0.15, 0.2) is 0 Å². The highest BCUT2D eigenvalue weighted by Gasteiger charge is 2.59. The summed E-state index contributed by atoms with van der Waals surface area (Å²) in [7, 11) is 0. The van der Waals surface area contributed by atoms with Crippen LogP contribution in [0.1, 0.15) is 58.8 Å². The molecule has 3 rings (SSSR count). The van der Waals surface area contributed by atoms with Crippen LogP contribution in [0.5, 0.6) is 0 Å². The van der Waals surface area contributed by atoms with Crippen molar-refractivity contribution in [3.05, 3.63) is 0 Å². The minimum absolute atomic E-state index is 0.541. The molecule has 0 aromatic carbocycles. The Hall–Kier alpha value is -0.0800. The Labute approximate surface area is 105 Å². The molecule has 1 N–H and O–H groups in total. The number of rotatable bonds is 6. The van der Waals surface area contributed by atoms with Crippen LogP contribution in [-0.2, 0) is 4.74 Å². The first-order valence-corrected chi connectivity index (χ1v) is 7.60. The second kappa shape index (κ2) is 4.24. The molecular formula is C15H27NO. The molecule has 17 heavy (non-hydrogen) atoms. The van der Waals surface area contributed by atoms with E-state index in [1.807, 2.05) is 0 Å². The van der Waals surface area contributed by atoms with E-state index in [1.165, 1.54) is 51.5 Å². The average Bonchev–Trinajstić information content (AvgIpc) is 3.01. The molecule has 0 amide bonds. The van der Waals surface area contributed by atoms with Crippen LogP contribution in [0.2, 0.25) is 0 Å². The summed E-state index contributed by atoms with van der Waals surface area (Å²) in [6, 6.07) is 0.761. The lowest BCUT2D eigenvalue weighted by Crippen LogP contribution is -2.67. The molecule has 98 valence electrons. The van der Waals surface area contributed by atoms with Gasteiger partial charge in [0.2, 0.25) is 0 Å². The fourth-order valence-corrected chi connectivity index (χ4v) is 3.90. The topological polar surface area (TPSA) is 21.3 Å². The van der Waals surface area contributed by atoms with Gasteiger partial charge in [0.25, 0.3) is 0 Å². The van der Waals surface area contributed by atoms with Crippen LogP contribution in [-0.4, -0.2) is 25.3 Å². The summed E-state index contributed by atoms with van der Waals surface area (Å²) in [6.07, 6.45) is 10.3. The molecule has 2 atom stereocenters. The van der Waals surface area contributed by atoms with Crippen LogP contribution >= 0.6 is 0 Å². The largest absolute Gasteiger partial charge is 0.378 e. The maximum atomic E-state index is 5.90. The maximum absolute atomic E-state index is 5.90. The summed E-state index contributed by atoms with van der Waals surface area (Å²) in [6.45, 7) is 6.62. The van der Waals surface area contributed by atoms with E-state index in [4.69, 9.17) is 4.74 Å². The number of hydrogen-bond donors (Lipinski definition) is 1. The SMILES string of the molecule is CCOC1CC(NCC2(CC)CC2)C12CCC2. The fourth-order valence-electron chi connectivity index (χ4n) is 3.90. The quantitative estimate of drug-likeness (QED) is 0.766. The maximum Gasteiger partial charge on any atom is 0.0661 e. The Bertz CT molecular complexity index is 281. The molecule has 3 aliphatic carbocycles. The first kappa shape index (κ1) is 12.0. The van der Waals surface area contributed by atoms with Crippen molar-refractivity contribution in [2.24, 2.45) is 10.8 Å². The summed E-state index contributed by atoms with van der Waals surface area (Å²) in [5.41, 5.74) is 1.22. The van der Waals surface area contributed by atoms with Gasteiger partial charge in [-0.05, 0) is 50.9 Å². The lowest BCUT2D eigenvalue weighted by atomic mass is 9.51.